The molecule has 23 heavy (non-hydrogen) atoms. The SMILES string of the molecule is CC1CCNCC1NC(=O)CCCc1nc(C(C)(C)C)no1.Cl. The maximum atomic E-state index is 12.0. The predicted molar refractivity (Wildman–Crippen MR) is 91.8 cm³/mol. The van der Waals surface area contributed by atoms with Gasteiger partial charge in [0.2, 0.25) is 11.8 Å². The van der Waals surface area contributed by atoms with Gasteiger partial charge in [-0.05, 0) is 25.3 Å². The number of carbonyl (C=O) groups excluding carboxylic acids is 1. The monoisotopic (exact) mass is 344 g/mol. The molecular weight excluding hydrogens is 316 g/mol. The number of amides is 1. The van der Waals surface area contributed by atoms with Crippen molar-refractivity contribution >= 4 is 18.3 Å². The number of aromatic nitrogens is 2. The van der Waals surface area contributed by atoms with Gasteiger partial charge in [0.15, 0.2) is 5.82 Å². The van der Waals surface area contributed by atoms with Crippen LogP contribution in [0.5, 0.6) is 0 Å². The van der Waals surface area contributed by atoms with E-state index in [1.165, 1.54) is 0 Å². The highest BCUT2D eigenvalue weighted by molar-refractivity contribution is 5.85. The van der Waals surface area contributed by atoms with E-state index in [1.54, 1.807) is 0 Å². The minimum Gasteiger partial charge on any atom is -0.352 e. The molecule has 1 aliphatic heterocycles. The van der Waals surface area contributed by atoms with Gasteiger partial charge in [-0.1, -0.05) is 32.9 Å². The average molecular weight is 345 g/mol. The molecule has 1 aliphatic rings. The Morgan fingerprint density at radius 3 is 2.78 bits per heavy atom. The standard InChI is InChI=1S/C16H28N4O2.ClH/c1-11-8-9-17-10-12(11)18-13(21)6-5-7-14-19-15(20-22-14)16(2,3)4;/h11-12,17H,5-10H2,1-4H3,(H,18,21);1H. The van der Waals surface area contributed by atoms with Crippen LogP contribution in [0.1, 0.15) is 58.7 Å². The molecule has 0 radical (unpaired) electrons. The van der Waals surface area contributed by atoms with E-state index in [1.807, 2.05) is 0 Å². The highest BCUT2D eigenvalue weighted by Gasteiger charge is 2.23. The summed E-state index contributed by atoms with van der Waals surface area (Å²) < 4.78 is 5.24. The van der Waals surface area contributed by atoms with Crippen molar-refractivity contribution in [1.29, 1.82) is 0 Å². The Labute approximate surface area is 144 Å². The van der Waals surface area contributed by atoms with Gasteiger partial charge in [0.25, 0.3) is 0 Å². The molecule has 0 aromatic carbocycles. The summed E-state index contributed by atoms with van der Waals surface area (Å²) >= 11 is 0. The van der Waals surface area contributed by atoms with E-state index < -0.39 is 0 Å². The zero-order valence-corrected chi connectivity index (χ0v) is 15.3. The first-order valence-electron chi connectivity index (χ1n) is 8.19. The molecule has 0 saturated carbocycles. The van der Waals surface area contributed by atoms with Crippen LogP contribution in [-0.2, 0) is 16.6 Å². The number of halogens is 1. The van der Waals surface area contributed by atoms with Crippen LogP contribution in [-0.4, -0.2) is 35.2 Å². The van der Waals surface area contributed by atoms with Crippen molar-refractivity contribution in [3.05, 3.63) is 11.7 Å². The first kappa shape index (κ1) is 19.9. The van der Waals surface area contributed by atoms with Crippen molar-refractivity contribution in [2.24, 2.45) is 5.92 Å². The third-order valence-electron chi connectivity index (χ3n) is 4.11. The van der Waals surface area contributed by atoms with Gasteiger partial charge in [-0.25, -0.2) is 0 Å². The predicted octanol–water partition coefficient (Wildman–Crippen LogP) is 2.23. The number of nitrogens with zero attached hydrogens (tertiary/aromatic N) is 2. The summed E-state index contributed by atoms with van der Waals surface area (Å²) in [6.45, 7) is 10.3. The van der Waals surface area contributed by atoms with Crippen LogP contribution in [0.4, 0.5) is 0 Å². The molecule has 0 aliphatic carbocycles. The van der Waals surface area contributed by atoms with Crippen LogP contribution in [0.3, 0.4) is 0 Å². The van der Waals surface area contributed by atoms with Crippen LogP contribution in [0, 0.1) is 5.92 Å². The van der Waals surface area contributed by atoms with E-state index in [0.717, 1.165) is 25.9 Å². The number of rotatable bonds is 5. The highest BCUT2D eigenvalue weighted by atomic mass is 35.5. The topological polar surface area (TPSA) is 80.0 Å². The summed E-state index contributed by atoms with van der Waals surface area (Å²) in [6.07, 6.45) is 2.99. The molecular formula is C16H29ClN4O2. The molecule has 2 N–H and O–H groups in total. The lowest BCUT2D eigenvalue weighted by Crippen LogP contribution is -2.50. The van der Waals surface area contributed by atoms with Crippen LogP contribution < -0.4 is 10.6 Å². The lowest BCUT2D eigenvalue weighted by Gasteiger charge is -2.30. The molecule has 1 amide bonds. The summed E-state index contributed by atoms with van der Waals surface area (Å²) in [5, 5.41) is 10.4. The van der Waals surface area contributed by atoms with Crippen LogP contribution in [0.15, 0.2) is 4.52 Å². The van der Waals surface area contributed by atoms with E-state index in [9.17, 15) is 4.79 Å². The number of hydrogen-bond donors (Lipinski definition) is 2. The Morgan fingerprint density at radius 1 is 1.43 bits per heavy atom. The molecule has 1 fully saturated rings. The fraction of sp³-hybridized carbons (Fsp3) is 0.812. The van der Waals surface area contributed by atoms with Gasteiger partial charge in [0, 0.05) is 30.8 Å². The summed E-state index contributed by atoms with van der Waals surface area (Å²) in [5.41, 5.74) is -0.108. The third-order valence-corrected chi connectivity index (χ3v) is 4.11. The Kier molecular flexibility index (Phi) is 7.48. The van der Waals surface area contributed by atoms with Crippen molar-refractivity contribution in [2.45, 2.75) is 64.8 Å². The Morgan fingerprint density at radius 2 is 2.17 bits per heavy atom. The number of piperidine rings is 1. The van der Waals surface area contributed by atoms with E-state index >= 15 is 0 Å². The van der Waals surface area contributed by atoms with E-state index in [2.05, 4.69) is 48.5 Å². The summed E-state index contributed by atoms with van der Waals surface area (Å²) in [4.78, 5) is 16.4. The molecule has 7 heteroatoms. The van der Waals surface area contributed by atoms with Crippen LogP contribution in [0.25, 0.3) is 0 Å². The van der Waals surface area contributed by atoms with Gasteiger partial charge in [-0.15, -0.1) is 12.4 Å². The number of carbonyl (C=O) groups is 1. The molecule has 1 aromatic heterocycles. The Bertz CT molecular complexity index is 499. The van der Waals surface area contributed by atoms with Crippen molar-refractivity contribution in [3.8, 4) is 0 Å². The van der Waals surface area contributed by atoms with E-state index in [4.69, 9.17) is 4.52 Å². The normalized spacial score (nSPS) is 21.6. The van der Waals surface area contributed by atoms with Crippen molar-refractivity contribution in [2.75, 3.05) is 13.1 Å². The molecule has 2 rings (SSSR count). The van der Waals surface area contributed by atoms with Crippen LogP contribution >= 0.6 is 12.4 Å². The molecule has 6 nitrogen and oxygen atoms in total. The molecule has 2 heterocycles. The van der Waals surface area contributed by atoms with Crippen molar-refractivity contribution in [3.63, 3.8) is 0 Å². The molecule has 0 bridgehead atoms. The van der Waals surface area contributed by atoms with Crippen molar-refractivity contribution in [1.82, 2.24) is 20.8 Å². The minimum atomic E-state index is -0.108. The van der Waals surface area contributed by atoms with Crippen LogP contribution in [0.2, 0.25) is 0 Å². The Hall–Kier alpha value is -1.14. The second-order valence-electron chi connectivity index (χ2n) is 7.26. The molecule has 1 saturated heterocycles. The van der Waals surface area contributed by atoms with Gasteiger partial charge in [0.1, 0.15) is 0 Å². The first-order valence-corrected chi connectivity index (χ1v) is 8.19. The molecule has 2 atom stereocenters. The Balaban J connectivity index is 0.00000264. The second-order valence-corrected chi connectivity index (χ2v) is 7.26. The van der Waals surface area contributed by atoms with Gasteiger partial charge in [0.05, 0.1) is 0 Å². The summed E-state index contributed by atoms with van der Waals surface area (Å²) in [5.74, 6) is 1.98. The summed E-state index contributed by atoms with van der Waals surface area (Å²) in [6, 6.07) is 0.247. The highest BCUT2D eigenvalue weighted by Crippen LogP contribution is 2.19. The quantitative estimate of drug-likeness (QED) is 0.856. The maximum Gasteiger partial charge on any atom is 0.226 e. The first-order chi connectivity index (χ1) is 10.4. The van der Waals surface area contributed by atoms with Gasteiger partial charge in [-0.3, -0.25) is 4.79 Å². The van der Waals surface area contributed by atoms with Gasteiger partial charge < -0.3 is 15.2 Å². The van der Waals surface area contributed by atoms with E-state index in [0.29, 0.717) is 30.5 Å². The molecule has 0 spiro atoms. The zero-order chi connectivity index (χ0) is 16.2. The molecule has 2 unspecified atom stereocenters. The lowest BCUT2D eigenvalue weighted by atomic mass is 9.94. The van der Waals surface area contributed by atoms with Crippen molar-refractivity contribution < 1.29 is 9.32 Å². The fourth-order valence-corrected chi connectivity index (χ4v) is 2.52. The molecule has 132 valence electrons. The van der Waals surface area contributed by atoms with E-state index in [-0.39, 0.29) is 29.8 Å². The number of aryl methyl sites for hydroxylation is 1. The smallest absolute Gasteiger partial charge is 0.226 e. The average Bonchev–Trinajstić information content (AvgIpc) is 2.90. The summed E-state index contributed by atoms with van der Waals surface area (Å²) in [7, 11) is 0. The maximum absolute atomic E-state index is 12.0. The largest absolute Gasteiger partial charge is 0.352 e. The third kappa shape index (κ3) is 6.11. The van der Waals surface area contributed by atoms with Gasteiger partial charge in [-0.2, -0.15) is 4.98 Å². The second kappa shape index (κ2) is 8.64. The fourth-order valence-electron chi connectivity index (χ4n) is 2.52. The minimum absolute atomic E-state index is 0. The van der Waals surface area contributed by atoms with Gasteiger partial charge >= 0.3 is 0 Å². The zero-order valence-electron chi connectivity index (χ0n) is 14.5. The number of hydrogen-bond acceptors (Lipinski definition) is 5. The lowest BCUT2D eigenvalue weighted by molar-refractivity contribution is -0.122. The number of nitrogens with one attached hydrogen (secondary N) is 2. The molecule has 1 aromatic rings.